The summed E-state index contributed by atoms with van der Waals surface area (Å²) in [6.45, 7) is 3.34. The van der Waals surface area contributed by atoms with Crippen molar-refractivity contribution in [2.45, 2.75) is 32.1 Å². The number of carbonyl (C=O) groups excluding carboxylic acids is 2. The van der Waals surface area contributed by atoms with Crippen molar-refractivity contribution >= 4 is 29.1 Å². The molecular weight excluding hydrogens is 326 g/mol. The van der Waals surface area contributed by atoms with Crippen LogP contribution in [0.1, 0.15) is 42.5 Å². The Labute approximate surface area is 147 Å². The van der Waals surface area contributed by atoms with Gasteiger partial charge >= 0.3 is 0 Å². The van der Waals surface area contributed by atoms with Crippen molar-refractivity contribution in [1.82, 2.24) is 10.2 Å². The molecule has 130 valence electrons. The third-order valence-corrected chi connectivity index (χ3v) is 5.13. The molecule has 0 aromatic heterocycles. The lowest BCUT2D eigenvalue weighted by Crippen LogP contribution is -2.36. The summed E-state index contributed by atoms with van der Waals surface area (Å²) in [4.78, 5) is 26.7. The van der Waals surface area contributed by atoms with Gasteiger partial charge in [0.15, 0.2) is 0 Å². The second-order valence-corrected chi connectivity index (χ2v) is 6.97. The topological polar surface area (TPSA) is 61.4 Å². The lowest BCUT2D eigenvalue weighted by Gasteiger charge is -2.27. The highest BCUT2D eigenvalue weighted by Crippen LogP contribution is 2.25. The number of hydrogen-bond acceptors (Lipinski definition) is 3. The van der Waals surface area contributed by atoms with Crippen LogP contribution in [-0.4, -0.2) is 42.9 Å². The number of benzene rings is 1. The van der Waals surface area contributed by atoms with E-state index in [1.165, 1.54) is 6.42 Å². The number of hydrogen-bond donors (Lipinski definition) is 2. The molecule has 2 fully saturated rings. The first-order valence-electron chi connectivity index (χ1n) is 8.75. The van der Waals surface area contributed by atoms with E-state index >= 15 is 0 Å². The maximum atomic E-state index is 12.5. The van der Waals surface area contributed by atoms with Gasteiger partial charge in [-0.1, -0.05) is 11.6 Å². The molecule has 5 nitrogen and oxygen atoms in total. The Hall–Kier alpha value is -1.59. The van der Waals surface area contributed by atoms with Gasteiger partial charge in [-0.3, -0.25) is 9.59 Å². The Morgan fingerprint density at radius 3 is 2.50 bits per heavy atom. The number of piperidine rings is 2. The largest absolute Gasteiger partial charge is 0.339 e. The number of likely N-dealkylation sites (tertiary alicyclic amines) is 1. The molecule has 2 heterocycles. The van der Waals surface area contributed by atoms with Crippen LogP contribution in [0.2, 0.25) is 5.02 Å². The number of rotatable bonds is 3. The molecule has 0 aliphatic carbocycles. The minimum Gasteiger partial charge on any atom is -0.339 e. The molecule has 6 heteroatoms. The molecular formula is C18H24ClN3O2. The molecule has 0 bridgehead atoms. The van der Waals surface area contributed by atoms with E-state index in [0.717, 1.165) is 51.9 Å². The van der Waals surface area contributed by atoms with Gasteiger partial charge in [-0.15, -0.1) is 0 Å². The highest BCUT2D eigenvalue weighted by atomic mass is 35.5. The number of nitrogens with one attached hydrogen (secondary N) is 2. The van der Waals surface area contributed by atoms with Gasteiger partial charge in [0.1, 0.15) is 0 Å². The monoisotopic (exact) mass is 349 g/mol. The third kappa shape index (κ3) is 4.08. The highest BCUT2D eigenvalue weighted by Gasteiger charge is 2.23. The lowest BCUT2D eigenvalue weighted by atomic mass is 9.97. The van der Waals surface area contributed by atoms with Crippen molar-refractivity contribution in [2.75, 3.05) is 31.5 Å². The van der Waals surface area contributed by atoms with Gasteiger partial charge in [-0.2, -0.15) is 0 Å². The quantitative estimate of drug-likeness (QED) is 0.882. The van der Waals surface area contributed by atoms with Crippen LogP contribution < -0.4 is 10.6 Å². The predicted octanol–water partition coefficient (Wildman–Crippen LogP) is 2.90. The summed E-state index contributed by atoms with van der Waals surface area (Å²) in [5.41, 5.74) is 1.16. The SMILES string of the molecule is O=C(Nc1ccc(C(=O)N2CCCCC2)c(Cl)c1)C1CCNCC1. The molecule has 0 spiro atoms. The van der Waals surface area contributed by atoms with Crippen molar-refractivity contribution in [3.63, 3.8) is 0 Å². The summed E-state index contributed by atoms with van der Waals surface area (Å²) >= 11 is 6.30. The zero-order chi connectivity index (χ0) is 16.9. The van der Waals surface area contributed by atoms with E-state index in [1.54, 1.807) is 18.2 Å². The summed E-state index contributed by atoms with van der Waals surface area (Å²) in [5, 5.41) is 6.57. The Morgan fingerprint density at radius 2 is 1.83 bits per heavy atom. The number of carbonyl (C=O) groups is 2. The van der Waals surface area contributed by atoms with Crippen LogP contribution in [0, 0.1) is 5.92 Å². The second kappa shape index (κ2) is 7.99. The number of amides is 2. The van der Waals surface area contributed by atoms with Crippen molar-refractivity contribution < 1.29 is 9.59 Å². The zero-order valence-electron chi connectivity index (χ0n) is 13.8. The molecule has 0 saturated carbocycles. The summed E-state index contributed by atoms with van der Waals surface area (Å²) < 4.78 is 0. The average molecular weight is 350 g/mol. The maximum absolute atomic E-state index is 12.5. The van der Waals surface area contributed by atoms with E-state index in [2.05, 4.69) is 10.6 Å². The van der Waals surface area contributed by atoms with Gasteiger partial charge in [-0.25, -0.2) is 0 Å². The van der Waals surface area contributed by atoms with Gasteiger partial charge in [-0.05, 0) is 63.4 Å². The van der Waals surface area contributed by atoms with Crippen LogP contribution in [0.4, 0.5) is 5.69 Å². The van der Waals surface area contributed by atoms with Crippen molar-refractivity contribution in [3.05, 3.63) is 28.8 Å². The highest BCUT2D eigenvalue weighted by molar-refractivity contribution is 6.34. The summed E-state index contributed by atoms with van der Waals surface area (Å²) in [5.74, 6) is 0.0540. The lowest BCUT2D eigenvalue weighted by molar-refractivity contribution is -0.120. The number of halogens is 1. The van der Waals surface area contributed by atoms with Crippen LogP contribution in [0.25, 0.3) is 0 Å². The standard InChI is InChI=1S/C18H24ClN3O2/c19-16-12-14(21-17(23)13-6-8-20-9-7-13)4-5-15(16)18(24)22-10-2-1-3-11-22/h4-5,12-13,20H,1-3,6-11H2,(H,21,23). The molecule has 2 aliphatic rings. The molecule has 2 amide bonds. The summed E-state index contributed by atoms with van der Waals surface area (Å²) in [7, 11) is 0. The Balaban J connectivity index is 1.65. The second-order valence-electron chi connectivity index (χ2n) is 6.56. The summed E-state index contributed by atoms with van der Waals surface area (Å²) in [6.07, 6.45) is 4.98. The molecule has 0 radical (unpaired) electrons. The third-order valence-electron chi connectivity index (χ3n) is 4.82. The van der Waals surface area contributed by atoms with Gasteiger partial charge < -0.3 is 15.5 Å². The van der Waals surface area contributed by atoms with Crippen LogP contribution in [0.5, 0.6) is 0 Å². The molecule has 1 aromatic carbocycles. The normalized spacial score (nSPS) is 19.1. The van der Waals surface area contributed by atoms with E-state index in [-0.39, 0.29) is 17.7 Å². The van der Waals surface area contributed by atoms with E-state index in [4.69, 9.17) is 11.6 Å². The molecule has 0 atom stereocenters. The van der Waals surface area contributed by atoms with Crippen molar-refractivity contribution in [1.29, 1.82) is 0 Å². The first kappa shape index (κ1) is 17.2. The Kier molecular flexibility index (Phi) is 5.74. The smallest absolute Gasteiger partial charge is 0.255 e. The fraction of sp³-hybridized carbons (Fsp3) is 0.556. The van der Waals surface area contributed by atoms with Crippen LogP contribution in [0.15, 0.2) is 18.2 Å². The van der Waals surface area contributed by atoms with Crippen LogP contribution >= 0.6 is 11.6 Å². The first-order valence-corrected chi connectivity index (χ1v) is 9.13. The summed E-state index contributed by atoms with van der Waals surface area (Å²) in [6, 6.07) is 5.16. The van der Waals surface area contributed by atoms with E-state index in [1.807, 2.05) is 4.90 Å². The van der Waals surface area contributed by atoms with Crippen molar-refractivity contribution in [3.8, 4) is 0 Å². The van der Waals surface area contributed by atoms with Gasteiger partial charge in [0.2, 0.25) is 5.91 Å². The minimum atomic E-state index is -0.0177. The molecule has 2 saturated heterocycles. The van der Waals surface area contributed by atoms with Crippen molar-refractivity contribution in [2.24, 2.45) is 5.92 Å². The fourth-order valence-electron chi connectivity index (χ4n) is 3.36. The minimum absolute atomic E-state index is 0.0177. The average Bonchev–Trinajstić information content (AvgIpc) is 2.63. The number of anilines is 1. The molecule has 24 heavy (non-hydrogen) atoms. The molecule has 2 N–H and O–H groups in total. The fourth-order valence-corrected chi connectivity index (χ4v) is 3.62. The van der Waals surface area contributed by atoms with Gasteiger partial charge in [0.05, 0.1) is 10.6 Å². The first-order chi connectivity index (χ1) is 11.6. The molecule has 2 aliphatic heterocycles. The molecule has 0 unspecified atom stereocenters. The predicted molar refractivity (Wildman–Crippen MR) is 95.4 cm³/mol. The molecule has 3 rings (SSSR count). The molecule has 1 aromatic rings. The van der Waals surface area contributed by atoms with Crippen LogP contribution in [0.3, 0.4) is 0 Å². The Bertz CT molecular complexity index is 608. The number of nitrogens with zero attached hydrogens (tertiary/aromatic N) is 1. The maximum Gasteiger partial charge on any atom is 0.255 e. The Morgan fingerprint density at radius 1 is 1.12 bits per heavy atom. The van der Waals surface area contributed by atoms with Gasteiger partial charge in [0, 0.05) is 24.7 Å². The zero-order valence-corrected chi connectivity index (χ0v) is 14.6. The van der Waals surface area contributed by atoms with E-state index < -0.39 is 0 Å². The van der Waals surface area contributed by atoms with Gasteiger partial charge in [0.25, 0.3) is 5.91 Å². The van der Waals surface area contributed by atoms with Crippen LogP contribution in [-0.2, 0) is 4.79 Å². The van der Waals surface area contributed by atoms with E-state index in [9.17, 15) is 9.59 Å². The van der Waals surface area contributed by atoms with E-state index in [0.29, 0.717) is 16.3 Å².